The molecular formula is C17H27NO4S2. The SMILES string of the molecule is Cc1cccc(CS(=O)(=O)N2CCC(S(=O)(=O)CC(C)C)CC2)c1. The molecule has 0 aliphatic carbocycles. The molecule has 5 nitrogen and oxygen atoms in total. The number of sulfone groups is 1. The van der Waals surface area contributed by atoms with Gasteiger partial charge in [0.1, 0.15) is 0 Å². The van der Waals surface area contributed by atoms with Crippen molar-refractivity contribution in [2.24, 2.45) is 5.92 Å². The molecule has 0 spiro atoms. The molecule has 1 aromatic rings. The van der Waals surface area contributed by atoms with Crippen LogP contribution in [0.1, 0.15) is 37.8 Å². The number of piperidine rings is 1. The molecule has 1 aromatic carbocycles. The largest absolute Gasteiger partial charge is 0.229 e. The van der Waals surface area contributed by atoms with Crippen molar-refractivity contribution in [3.8, 4) is 0 Å². The molecule has 1 heterocycles. The van der Waals surface area contributed by atoms with Crippen LogP contribution in [0.25, 0.3) is 0 Å². The zero-order chi connectivity index (χ0) is 18.0. The zero-order valence-electron chi connectivity index (χ0n) is 14.6. The Labute approximate surface area is 146 Å². The molecule has 7 heteroatoms. The van der Waals surface area contributed by atoms with Crippen LogP contribution < -0.4 is 0 Å². The van der Waals surface area contributed by atoms with Crippen LogP contribution >= 0.6 is 0 Å². The number of sulfonamides is 1. The van der Waals surface area contributed by atoms with Gasteiger partial charge in [-0.05, 0) is 31.2 Å². The summed E-state index contributed by atoms with van der Waals surface area (Å²) in [6.45, 7) is 6.28. The molecule has 0 saturated carbocycles. The Morgan fingerprint density at radius 1 is 1.12 bits per heavy atom. The van der Waals surface area contributed by atoms with Crippen LogP contribution in [-0.2, 0) is 25.6 Å². The lowest BCUT2D eigenvalue weighted by Crippen LogP contribution is -2.43. The first kappa shape index (κ1) is 19.4. The smallest absolute Gasteiger partial charge is 0.218 e. The Bertz CT molecular complexity index is 762. The first-order valence-corrected chi connectivity index (χ1v) is 11.7. The quantitative estimate of drug-likeness (QED) is 0.767. The van der Waals surface area contributed by atoms with Gasteiger partial charge in [0.2, 0.25) is 10.0 Å². The van der Waals surface area contributed by atoms with Crippen LogP contribution in [0.3, 0.4) is 0 Å². The highest BCUT2D eigenvalue weighted by Crippen LogP contribution is 2.23. The second-order valence-electron chi connectivity index (χ2n) is 7.07. The lowest BCUT2D eigenvalue weighted by molar-refractivity contribution is 0.344. The molecular weight excluding hydrogens is 346 g/mol. The summed E-state index contributed by atoms with van der Waals surface area (Å²) in [5, 5.41) is -0.412. The third-order valence-corrected chi connectivity index (χ3v) is 8.77. The van der Waals surface area contributed by atoms with Crippen molar-refractivity contribution in [1.82, 2.24) is 4.31 Å². The second-order valence-corrected chi connectivity index (χ2v) is 11.4. The Balaban J connectivity index is 2.00. The summed E-state index contributed by atoms with van der Waals surface area (Å²) in [6.07, 6.45) is 0.782. The molecule has 0 bridgehead atoms. The Morgan fingerprint density at radius 2 is 1.75 bits per heavy atom. The molecule has 1 fully saturated rings. The fourth-order valence-electron chi connectivity index (χ4n) is 3.17. The van der Waals surface area contributed by atoms with E-state index in [0.29, 0.717) is 12.8 Å². The van der Waals surface area contributed by atoms with Crippen LogP contribution in [-0.4, -0.2) is 45.2 Å². The third kappa shape index (κ3) is 5.04. The predicted molar refractivity (Wildman–Crippen MR) is 97.0 cm³/mol. The van der Waals surface area contributed by atoms with E-state index < -0.39 is 25.1 Å². The molecule has 24 heavy (non-hydrogen) atoms. The zero-order valence-corrected chi connectivity index (χ0v) is 16.2. The van der Waals surface area contributed by atoms with Crippen LogP contribution in [0.4, 0.5) is 0 Å². The van der Waals surface area contributed by atoms with E-state index in [1.54, 1.807) is 0 Å². The maximum absolute atomic E-state index is 12.6. The number of benzene rings is 1. The lowest BCUT2D eigenvalue weighted by Gasteiger charge is -2.31. The van der Waals surface area contributed by atoms with Gasteiger partial charge in [0.15, 0.2) is 9.84 Å². The van der Waals surface area contributed by atoms with Gasteiger partial charge in [-0.1, -0.05) is 43.7 Å². The van der Waals surface area contributed by atoms with Gasteiger partial charge >= 0.3 is 0 Å². The normalized spacial score (nSPS) is 18.2. The molecule has 0 N–H and O–H groups in total. The van der Waals surface area contributed by atoms with Gasteiger partial charge < -0.3 is 0 Å². The second kappa shape index (κ2) is 7.54. The molecule has 0 radical (unpaired) electrons. The molecule has 1 aliphatic rings. The summed E-state index contributed by atoms with van der Waals surface area (Å²) in [6, 6.07) is 7.47. The standard InChI is InChI=1S/C17H27NO4S2/c1-14(2)12-23(19,20)17-7-9-18(10-8-17)24(21,22)13-16-6-4-5-15(3)11-16/h4-6,11,14,17H,7-10,12-13H2,1-3H3. The van der Waals surface area contributed by atoms with Gasteiger partial charge in [-0.3, -0.25) is 0 Å². The number of rotatable bonds is 6. The summed E-state index contributed by atoms with van der Waals surface area (Å²) in [4.78, 5) is 0. The van der Waals surface area contributed by atoms with Crippen LogP contribution in [0.15, 0.2) is 24.3 Å². The van der Waals surface area contributed by atoms with E-state index in [4.69, 9.17) is 0 Å². The Hall–Kier alpha value is -0.920. The fourth-order valence-corrected chi connectivity index (χ4v) is 6.85. The Kier molecular flexibility index (Phi) is 6.09. The summed E-state index contributed by atoms with van der Waals surface area (Å²) >= 11 is 0. The highest BCUT2D eigenvalue weighted by Gasteiger charge is 2.34. The van der Waals surface area contributed by atoms with Crippen LogP contribution in [0, 0.1) is 12.8 Å². The van der Waals surface area contributed by atoms with E-state index in [2.05, 4.69) is 0 Å². The van der Waals surface area contributed by atoms with E-state index in [1.807, 2.05) is 45.0 Å². The number of hydrogen-bond acceptors (Lipinski definition) is 4. The summed E-state index contributed by atoms with van der Waals surface area (Å²) in [5.41, 5.74) is 1.80. The van der Waals surface area contributed by atoms with Crippen LogP contribution in [0.5, 0.6) is 0 Å². The minimum atomic E-state index is -3.41. The van der Waals surface area contributed by atoms with Gasteiger partial charge in [0.05, 0.1) is 16.8 Å². The molecule has 0 atom stereocenters. The van der Waals surface area contributed by atoms with Gasteiger partial charge in [-0.2, -0.15) is 0 Å². The third-order valence-electron chi connectivity index (χ3n) is 4.30. The molecule has 1 aliphatic heterocycles. The molecule has 1 saturated heterocycles. The first-order valence-electron chi connectivity index (χ1n) is 8.35. The van der Waals surface area contributed by atoms with Crippen molar-refractivity contribution in [3.05, 3.63) is 35.4 Å². The van der Waals surface area contributed by atoms with Crippen molar-refractivity contribution in [2.45, 2.75) is 44.6 Å². The highest BCUT2D eigenvalue weighted by molar-refractivity contribution is 7.92. The fraction of sp³-hybridized carbons (Fsp3) is 0.647. The van der Waals surface area contributed by atoms with Crippen molar-refractivity contribution in [1.29, 1.82) is 0 Å². The van der Waals surface area contributed by atoms with Gasteiger partial charge in [0, 0.05) is 13.1 Å². The average Bonchev–Trinajstić information content (AvgIpc) is 2.45. The molecule has 2 rings (SSSR count). The molecule has 0 aromatic heterocycles. The monoisotopic (exact) mass is 373 g/mol. The van der Waals surface area contributed by atoms with Crippen molar-refractivity contribution in [2.75, 3.05) is 18.8 Å². The minimum absolute atomic E-state index is 0.0297. The van der Waals surface area contributed by atoms with Gasteiger partial charge in [-0.25, -0.2) is 21.1 Å². The van der Waals surface area contributed by atoms with E-state index >= 15 is 0 Å². The molecule has 0 unspecified atom stereocenters. The summed E-state index contributed by atoms with van der Waals surface area (Å²) in [5.74, 6) is 0.240. The average molecular weight is 374 g/mol. The van der Waals surface area contributed by atoms with Crippen molar-refractivity contribution in [3.63, 3.8) is 0 Å². The minimum Gasteiger partial charge on any atom is -0.229 e. The molecule has 136 valence electrons. The number of aryl methyl sites for hydroxylation is 1. The van der Waals surface area contributed by atoms with E-state index in [-0.39, 0.29) is 30.5 Å². The number of hydrogen-bond donors (Lipinski definition) is 0. The topological polar surface area (TPSA) is 71.5 Å². The summed E-state index contributed by atoms with van der Waals surface area (Å²) < 4.78 is 51.2. The predicted octanol–water partition coefficient (Wildman–Crippen LogP) is 2.36. The van der Waals surface area contributed by atoms with Gasteiger partial charge in [-0.15, -0.1) is 0 Å². The van der Waals surface area contributed by atoms with Crippen molar-refractivity contribution < 1.29 is 16.8 Å². The lowest BCUT2D eigenvalue weighted by atomic mass is 10.2. The number of nitrogens with zero attached hydrogens (tertiary/aromatic N) is 1. The highest BCUT2D eigenvalue weighted by atomic mass is 32.2. The van der Waals surface area contributed by atoms with E-state index in [1.165, 1.54) is 4.31 Å². The summed E-state index contributed by atoms with van der Waals surface area (Å²) in [7, 11) is -6.54. The maximum atomic E-state index is 12.6. The molecule has 0 amide bonds. The van der Waals surface area contributed by atoms with Gasteiger partial charge in [0.25, 0.3) is 0 Å². The first-order chi connectivity index (χ1) is 11.1. The van der Waals surface area contributed by atoms with Crippen molar-refractivity contribution >= 4 is 19.9 Å². The Morgan fingerprint density at radius 3 is 2.29 bits per heavy atom. The van der Waals surface area contributed by atoms with E-state index in [0.717, 1.165) is 11.1 Å². The van der Waals surface area contributed by atoms with Crippen LogP contribution in [0.2, 0.25) is 0 Å². The van der Waals surface area contributed by atoms with E-state index in [9.17, 15) is 16.8 Å². The maximum Gasteiger partial charge on any atom is 0.218 e.